The Balaban J connectivity index is 1.16. The Morgan fingerprint density at radius 1 is 1.06 bits per heavy atom. The van der Waals surface area contributed by atoms with E-state index in [0.717, 1.165) is 24.0 Å². The minimum atomic E-state index is -0.753. The lowest BCUT2D eigenvalue weighted by atomic mass is 9.98. The van der Waals surface area contributed by atoms with Gasteiger partial charge in [-0.25, -0.2) is 4.79 Å². The molecule has 2 aliphatic carbocycles. The maximum atomic E-state index is 13.2. The normalized spacial score (nSPS) is 23.0. The van der Waals surface area contributed by atoms with Crippen LogP contribution in [0.5, 0.6) is 0 Å². The second kappa shape index (κ2) is 9.72. The van der Waals surface area contributed by atoms with Crippen LogP contribution in [0.4, 0.5) is 4.79 Å². The van der Waals surface area contributed by atoms with Crippen molar-refractivity contribution in [1.29, 1.82) is 0 Å². The van der Waals surface area contributed by atoms with E-state index in [1.54, 1.807) is 4.90 Å². The van der Waals surface area contributed by atoms with Crippen molar-refractivity contribution in [3.05, 3.63) is 59.7 Å². The number of likely N-dealkylation sites (tertiary alicyclic amines) is 1. The number of nitrogens with one attached hydrogen (secondary N) is 1. The summed E-state index contributed by atoms with van der Waals surface area (Å²) in [6.07, 6.45) is 1.70. The number of hydrogen-bond acceptors (Lipinski definition) is 4. The van der Waals surface area contributed by atoms with Crippen molar-refractivity contribution in [3.8, 4) is 11.1 Å². The Bertz CT molecular complexity index is 1090. The van der Waals surface area contributed by atoms with Crippen LogP contribution in [0.2, 0.25) is 0 Å². The number of alkyl carbamates (subject to hydrolysis) is 1. The second-order valence-corrected chi connectivity index (χ2v) is 9.96. The van der Waals surface area contributed by atoms with E-state index >= 15 is 0 Å². The summed E-state index contributed by atoms with van der Waals surface area (Å²) in [7, 11) is 0. The van der Waals surface area contributed by atoms with Crippen LogP contribution in [0.3, 0.4) is 0 Å². The van der Waals surface area contributed by atoms with Gasteiger partial charge in [-0.15, -0.1) is 0 Å². The van der Waals surface area contributed by atoms with Crippen molar-refractivity contribution < 1.29 is 24.2 Å². The zero-order chi connectivity index (χ0) is 24.5. The van der Waals surface area contributed by atoms with Gasteiger partial charge in [0.1, 0.15) is 6.61 Å². The third-order valence-electron chi connectivity index (χ3n) is 7.91. The minimum absolute atomic E-state index is 0.000265. The maximum Gasteiger partial charge on any atom is 0.407 e. The van der Waals surface area contributed by atoms with Crippen molar-refractivity contribution >= 4 is 18.0 Å². The molecule has 0 radical (unpaired) electrons. The van der Waals surface area contributed by atoms with Gasteiger partial charge in [0.25, 0.3) is 0 Å². The number of aliphatic carboxylic acids is 1. The first-order chi connectivity index (χ1) is 17.0. The third kappa shape index (κ3) is 4.51. The van der Waals surface area contributed by atoms with Crippen molar-refractivity contribution in [3.63, 3.8) is 0 Å². The van der Waals surface area contributed by atoms with Gasteiger partial charge in [-0.05, 0) is 46.9 Å². The number of benzene rings is 2. The molecular weight excluding hydrogens is 444 g/mol. The Morgan fingerprint density at radius 2 is 1.71 bits per heavy atom. The van der Waals surface area contributed by atoms with Crippen LogP contribution in [0, 0.1) is 23.7 Å². The third-order valence-corrected chi connectivity index (χ3v) is 7.91. The van der Waals surface area contributed by atoms with Gasteiger partial charge in [0.15, 0.2) is 0 Å². The quantitative estimate of drug-likeness (QED) is 0.598. The van der Waals surface area contributed by atoms with Gasteiger partial charge in [0, 0.05) is 25.6 Å². The number of rotatable bonds is 8. The summed E-state index contributed by atoms with van der Waals surface area (Å²) in [5.74, 6) is -1.13. The zero-order valence-corrected chi connectivity index (χ0v) is 20.0. The van der Waals surface area contributed by atoms with E-state index in [2.05, 4.69) is 29.6 Å². The van der Waals surface area contributed by atoms with Gasteiger partial charge in [-0.2, -0.15) is 0 Å². The summed E-state index contributed by atoms with van der Waals surface area (Å²) in [6.45, 7) is 3.57. The van der Waals surface area contributed by atoms with Gasteiger partial charge in [-0.3, -0.25) is 9.59 Å². The molecule has 1 saturated carbocycles. The number of ether oxygens (including phenoxy) is 1. The monoisotopic (exact) mass is 476 g/mol. The second-order valence-electron chi connectivity index (χ2n) is 9.96. The lowest BCUT2D eigenvalue weighted by molar-refractivity contribution is -0.140. The number of carboxylic acid groups (broad SMARTS) is 1. The lowest BCUT2D eigenvalue weighted by Crippen LogP contribution is -2.44. The van der Waals surface area contributed by atoms with E-state index in [0.29, 0.717) is 19.5 Å². The lowest BCUT2D eigenvalue weighted by Gasteiger charge is -2.30. The highest BCUT2D eigenvalue weighted by molar-refractivity contribution is 5.81. The molecule has 3 aliphatic rings. The Hall–Kier alpha value is -3.35. The SMILES string of the molecule is CCCC(CNC(=O)OCC1c2ccccc2-c2ccccc21)C(=O)N1CC[C@@H]2C(C(=O)O)[C@@H]2C1. The molecule has 4 atom stereocenters. The van der Waals surface area contributed by atoms with Crippen LogP contribution in [0.1, 0.15) is 43.2 Å². The average molecular weight is 477 g/mol. The summed E-state index contributed by atoms with van der Waals surface area (Å²) in [5.41, 5.74) is 4.66. The van der Waals surface area contributed by atoms with E-state index < -0.39 is 12.1 Å². The highest BCUT2D eigenvalue weighted by Gasteiger charge is 2.57. The maximum absolute atomic E-state index is 13.2. The van der Waals surface area contributed by atoms with E-state index in [-0.39, 0.29) is 48.6 Å². The molecule has 2 fully saturated rings. The highest BCUT2D eigenvalue weighted by Crippen LogP contribution is 2.51. The fourth-order valence-corrected chi connectivity index (χ4v) is 6.08. The molecule has 35 heavy (non-hydrogen) atoms. The Kier molecular flexibility index (Phi) is 6.50. The molecule has 0 spiro atoms. The van der Waals surface area contributed by atoms with Crippen LogP contribution in [0.25, 0.3) is 11.1 Å². The molecule has 0 aromatic heterocycles. The van der Waals surface area contributed by atoms with Gasteiger partial charge in [0.05, 0.1) is 11.8 Å². The van der Waals surface area contributed by atoms with Crippen molar-refractivity contribution in [1.82, 2.24) is 10.2 Å². The fourth-order valence-electron chi connectivity index (χ4n) is 6.08. The summed E-state index contributed by atoms with van der Waals surface area (Å²) >= 11 is 0. The summed E-state index contributed by atoms with van der Waals surface area (Å²) in [5, 5.41) is 12.1. The number of fused-ring (bicyclic) bond motifs is 4. The van der Waals surface area contributed by atoms with Gasteiger partial charge < -0.3 is 20.1 Å². The predicted octanol–water partition coefficient (Wildman–Crippen LogP) is 4.12. The van der Waals surface area contributed by atoms with E-state index in [1.165, 1.54) is 11.1 Å². The number of nitrogens with zero attached hydrogens (tertiary/aromatic N) is 1. The van der Waals surface area contributed by atoms with Gasteiger partial charge >= 0.3 is 12.1 Å². The van der Waals surface area contributed by atoms with Crippen LogP contribution in [0.15, 0.2) is 48.5 Å². The predicted molar refractivity (Wildman–Crippen MR) is 131 cm³/mol. The molecule has 1 saturated heterocycles. The van der Waals surface area contributed by atoms with Gasteiger partial charge in [0.2, 0.25) is 5.91 Å². The van der Waals surface area contributed by atoms with Crippen molar-refractivity contribution in [2.75, 3.05) is 26.2 Å². The molecule has 7 nitrogen and oxygen atoms in total. The minimum Gasteiger partial charge on any atom is -0.481 e. The Morgan fingerprint density at radius 3 is 2.34 bits per heavy atom. The molecule has 184 valence electrons. The molecule has 2 N–H and O–H groups in total. The van der Waals surface area contributed by atoms with Crippen LogP contribution >= 0.6 is 0 Å². The van der Waals surface area contributed by atoms with Crippen LogP contribution in [-0.2, 0) is 14.3 Å². The number of carbonyl (C=O) groups is 3. The molecule has 1 heterocycles. The molecule has 7 heteroatoms. The molecule has 5 rings (SSSR count). The summed E-state index contributed by atoms with van der Waals surface area (Å²) < 4.78 is 5.62. The van der Waals surface area contributed by atoms with Crippen LogP contribution in [-0.4, -0.2) is 54.2 Å². The van der Waals surface area contributed by atoms with Crippen LogP contribution < -0.4 is 5.32 Å². The van der Waals surface area contributed by atoms with Gasteiger partial charge in [-0.1, -0.05) is 61.9 Å². The van der Waals surface area contributed by atoms with Crippen molar-refractivity contribution in [2.24, 2.45) is 23.7 Å². The molecule has 2 amide bonds. The van der Waals surface area contributed by atoms with E-state index in [4.69, 9.17) is 4.74 Å². The average Bonchev–Trinajstić information content (AvgIpc) is 3.52. The number of hydrogen-bond donors (Lipinski definition) is 2. The highest BCUT2D eigenvalue weighted by atomic mass is 16.5. The largest absolute Gasteiger partial charge is 0.481 e. The number of carbonyl (C=O) groups excluding carboxylic acids is 2. The topological polar surface area (TPSA) is 95.9 Å². The first-order valence-electron chi connectivity index (χ1n) is 12.6. The van der Waals surface area contributed by atoms with E-state index in [9.17, 15) is 19.5 Å². The molecule has 2 aromatic rings. The molecule has 2 aromatic carbocycles. The van der Waals surface area contributed by atoms with E-state index in [1.807, 2.05) is 31.2 Å². The fraction of sp³-hybridized carbons (Fsp3) is 0.464. The number of piperidine rings is 1. The summed E-state index contributed by atoms with van der Waals surface area (Å²) in [4.78, 5) is 38.9. The molecule has 2 unspecified atom stereocenters. The Labute approximate surface area is 205 Å². The first kappa shape index (κ1) is 23.4. The standard InChI is InChI=1S/C28H32N2O5/c1-2-7-17(26(31)30-13-12-22-23(15-30)25(22)27(32)33)14-29-28(34)35-16-24-20-10-5-3-8-18(20)19-9-4-6-11-21(19)24/h3-6,8-11,17,22-25H,2,7,12-16H2,1H3,(H,29,34)(H,32,33)/t17?,22-,23+,25?/m0/s1. The number of amides is 2. The first-order valence-corrected chi connectivity index (χ1v) is 12.6. The zero-order valence-electron chi connectivity index (χ0n) is 20.0. The number of carboxylic acids is 1. The molecule has 1 aliphatic heterocycles. The molecule has 0 bridgehead atoms. The smallest absolute Gasteiger partial charge is 0.407 e. The summed E-state index contributed by atoms with van der Waals surface area (Å²) in [6, 6.07) is 16.4. The molecular formula is C28H32N2O5. The van der Waals surface area contributed by atoms with Crippen molar-refractivity contribution in [2.45, 2.75) is 32.1 Å².